The topological polar surface area (TPSA) is 55.4 Å². The molecular formula is C17H19NO3S. The summed E-state index contributed by atoms with van der Waals surface area (Å²) >= 11 is 1.40. The number of ether oxygens (including phenoxy) is 1. The predicted molar refractivity (Wildman–Crippen MR) is 87.0 cm³/mol. The Balaban J connectivity index is 1.53. The molecule has 22 heavy (non-hydrogen) atoms. The third-order valence-electron chi connectivity index (χ3n) is 3.08. The van der Waals surface area contributed by atoms with Crippen LogP contribution >= 0.6 is 11.3 Å². The summed E-state index contributed by atoms with van der Waals surface area (Å²) in [5.74, 6) is -0.311. The number of esters is 1. The second-order valence-corrected chi connectivity index (χ2v) is 5.74. The fraction of sp³-hybridized carbons (Fsp3) is 0.294. The van der Waals surface area contributed by atoms with Gasteiger partial charge in [-0.3, -0.25) is 9.59 Å². The standard InChI is InChI=1S/C17H19NO3S/c19-16(21-12-10-14-6-2-1-3-7-14)9-4-11-18-17(20)15-8-5-13-22-15/h1-3,5-8,13H,4,9-12H2,(H,18,20). The van der Waals surface area contributed by atoms with E-state index in [0.29, 0.717) is 30.9 Å². The molecule has 2 aromatic rings. The summed E-state index contributed by atoms with van der Waals surface area (Å²) in [6, 6.07) is 13.5. The number of benzene rings is 1. The molecule has 0 aliphatic carbocycles. The zero-order chi connectivity index (χ0) is 15.6. The first-order valence-corrected chi connectivity index (χ1v) is 8.15. The maximum atomic E-state index is 11.7. The zero-order valence-electron chi connectivity index (χ0n) is 12.3. The summed E-state index contributed by atoms with van der Waals surface area (Å²) < 4.78 is 5.18. The van der Waals surface area contributed by atoms with Crippen molar-refractivity contribution < 1.29 is 14.3 Å². The van der Waals surface area contributed by atoms with Gasteiger partial charge in [-0.15, -0.1) is 11.3 Å². The summed E-state index contributed by atoms with van der Waals surface area (Å²) in [6.07, 6.45) is 1.63. The number of thiophene rings is 1. The van der Waals surface area contributed by atoms with Gasteiger partial charge >= 0.3 is 5.97 Å². The van der Waals surface area contributed by atoms with E-state index >= 15 is 0 Å². The van der Waals surface area contributed by atoms with Gasteiger partial charge in [0.25, 0.3) is 5.91 Å². The lowest BCUT2D eigenvalue weighted by atomic mass is 10.2. The molecule has 0 atom stereocenters. The van der Waals surface area contributed by atoms with E-state index < -0.39 is 0 Å². The van der Waals surface area contributed by atoms with Gasteiger partial charge in [0.15, 0.2) is 0 Å². The van der Waals surface area contributed by atoms with Crippen LogP contribution in [0, 0.1) is 0 Å². The van der Waals surface area contributed by atoms with Crippen LogP contribution in [0.25, 0.3) is 0 Å². The van der Waals surface area contributed by atoms with Gasteiger partial charge in [0, 0.05) is 19.4 Å². The average Bonchev–Trinajstić information content (AvgIpc) is 3.07. The van der Waals surface area contributed by atoms with Gasteiger partial charge in [-0.1, -0.05) is 36.4 Å². The fourth-order valence-corrected chi connectivity index (χ4v) is 2.57. The molecule has 2 rings (SSSR count). The van der Waals surface area contributed by atoms with Crippen molar-refractivity contribution in [3.63, 3.8) is 0 Å². The molecule has 0 bridgehead atoms. The lowest BCUT2D eigenvalue weighted by molar-refractivity contribution is -0.143. The summed E-state index contributed by atoms with van der Waals surface area (Å²) in [5.41, 5.74) is 1.15. The second kappa shape index (κ2) is 9.00. The Morgan fingerprint density at radius 3 is 2.64 bits per heavy atom. The van der Waals surface area contributed by atoms with E-state index in [0.717, 1.165) is 12.0 Å². The van der Waals surface area contributed by atoms with Crippen LogP contribution in [0.4, 0.5) is 0 Å². The lowest BCUT2D eigenvalue weighted by Crippen LogP contribution is -2.24. The number of carbonyl (C=O) groups is 2. The first kappa shape index (κ1) is 16.2. The predicted octanol–water partition coefficient (Wildman–Crippen LogP) is 3.04. The molecule has 0 unspecified atom stereocenters. The minimum Gasteiger partial charge on any atom is -0.465 e. The van der Waals surface area contributed by atoms with Crippen LogP contribution in [-0.2, 0) is 16.0 Å². The number of hydrogen-bond donors (Lipinski definition) is 1. The number of nitrogens with one attached hydrogen (secondary N) is 1. The number of hydrogen-bond acceptors (Lipinski definition) is 4. The van der Waals surface area contributed by atoms with Gasteiger partial charge < -0.3 is 10.1 Å². The van der Waals surface area contributed by atoms with Gasteiger partial charge in [0.1, 0.15) is 0 Å². The Bertz CT molecular complexity index is 581. The molecule has 0 aliphatic rings. The van der Waals surface area contributed by atoms with Crippen LogP contribution in [0.3, 0.4) is 0 Å². The van der Waals surface area contributed by atoms with Gasteiger partial charge in [-0.25, -0.2) is 0 Å². The van der Waals surface area contributed by atoms with Crippen LogP contribution in [-0.4, -0.2) is 25.0 Å². The van der Waals surface area contributed by atoms with Gasteiger partial charge in [0.2, 0.25) is 0 Å². The number of rotatable bonds is 8. The summed E-state index contributed by atoms with van der Waals surface area (Å²) in [7, 11) is 0. The van der Waals surface area contributed by atoms with E-state index in [1.54, 1.807) is 6.07 Å². The van der Waals surface area contributed by atoms with Crippen LogP contribution in [0.1, 0.15) is 28.1 Å². The summed E-state index contributed by atoms with van der Waals surface area (Å²) in [6.45, 7) is 0.870. The minimum atomic E-state index is -0.221. The Hall–Kier alpha value is -2.14. The Morgan fingerprint density at radius 2 is 1.91 bits per heavy atom. The molecule has 4 nitrogen and oxygen atoms in total. The van der Waals surface area contributed by atoms with Crippen molar-refractivity contribution in [2.24, 2.45) is 0 Å². The zero-order valence-corrected chi connectivity index (χ0v) is 13.1. The summed E-state index contributed by atoms with van der Waals surface area (Å²) in [5, 5.41) is 4.65. The second-order valence-electron chi connectivity index (χ2n) is 4.79. The monoisotopic (exact) mass is 317 g/mol. The van der Waals surface area contributed by atoms with E-state index in [1.165, 1.54) is 11.3 Å². The Labute approximate surface area is 134 Å². The molecule has 1 amide bonds. The fourth-order valence-electron chi connectivity index (χ4n) is 1.93. The SMILES string of the molecule is O=C(CCCNC(=O)c1cccs1)OCCc1ccccc1. The molecule has 0 spiro atoms. The number of carbonyl (C=O) groups excluding carboxylic acids is 2. The highest BCUT2D eigenvalue weighted by molar-refractivity contribution is 7.12. The van der Waals surface area contributed by atoms with Crippen molar-refractivity contribution in [3.05, 3.63) is 58.3 Å². The molecule has 0 saturated heterocycles. The smallest absolute Gasteiger partial charge is 0.305 e. The highest BCUT2D eigenvalue weighted by atomic mass is 32.1. The Kier molecular flexibility index (Phi) is 6.64. The first-order valence-electron chi connectivity index (χ1n) is 7.27. The molecule has 1 aromatic carbocycles. The Morgan fingerprint density at radius 1 is 1.09 bits per heavy atom. The summed E-state index contributed by atoms with van der Waals surface area (Å²) in [4.78, 5) is 23.9. The van der Waals surface area contributed by atoms with Gasteiger partial charge in [-0.2, -0.15) is 0 Å². The maximum Gasteiger partial charge on any atom is 0.305 e. The molecule has 0 fully saturated rings. The quantitative estimate of drug-likeness (QED) is 0.601. The number of amides is 1. The molecule has 1 aromatic heterocycles. The maximum absolute atomic E-state index is 11.7. The average molecular weight is 317 g/mol. The van der Waals surface area contributed by atoms with Gasteiger partial charge in [-0.05, 0) is 23.4 Å². The van der Waals surface area contributed by atoms with E-state index in [4.69, 9.17) is 4.74 Å². The lowest BCUT2D eigenvalue weighted by Gasteiger charge is -2.06. The largest absolute Gasteiger partial charge is 0.465 e. The highest BCUT2D eigenvalue weighted by Gasteiger charge is 2.07. The normalized spacial score (nSPS) is 10.2. The molecule has 5 heteroatoms. The van der Waals surface area contributed by atoms with E-state index in [-0.39, 0.29) is 11.9 Å². The van der Waals surface area contributed by atoms with Crippen LogP contribution in [0.2, 0.25) is 0 Å². The molecule has 0 aliphatic heterocycles. The van der Waals surface area contributed by atoms with Crippen LogP contribution in [0.5, 0.6) is 0 Å². The minimum absolute atomic E-state index is 0.0903. The molecule has 116 valence electrons. The molecule has 1 N–H and O–H groups in total. The molecule has 0 radical (unpaired) electrons. The first-order chi connectivity index (χ1) is 10.8. The third-order valence-corrected chi connectivity index (χ3v) is 3.95. The van der Waals surface area contributed by atoms with E-state index in [9.17, 15) is 9.59 Å². The van der Waals surface area contributed by atoms with Crippen molar-refractivity contribution in [2.45, 2.75) is 19.3 Å². The molecular weight excluding hydrogens is 298 g/mol. The van der Waals surface area contributed by atoms with Gasteiger partial charge in [0.05, 0.1) is 11.5 Å². The van der Waals surface area contributed by atoms with E-state index in [1.807, 2.05) is 41.8 Å². The van der Waals surface area contributed by atoms with Crippen molar-refractivity contribution in [1.82, 2.24) is 5.32 Å². The van der Waals surface area contributed by atoms with Crippen molar-refractivity contribution in [2.75, 3.05) is 13.2 Å². The molecule has 0 saturated carbocycles. The highest BCUT2D eigenvalue weighted by Crippen LogP contribution is 2.07. The van der Waals surface area contributed by atoms with E-state index in [2.05, 4.69) is 5.32 Å². The van der Waals surface area contributed by atoms with Crippen molar-refractivity contribution in [3.8, 4) is 0 Å². The van der Waals surface area contributed by atoms with Crippen LogP contribution < -0.4 is 5.32 Å². The van der Waals surface area contributed by atoms with Crippen molar-refractivity contribution in [1.29, 1.82) is 0 Å². The third kappa shape index (κ3) is 5.69. The van der Waals surface area contributed by atoms with Crippen LogP contribution in [0.15, 0.2) is 47.8 Å². The van der Waals surface area contributed by atoms with Crippen molar-refractivity contribution >= 4 is 23.2 Å². The molecule has 1 heterocycles.